The van der Waals surface area contributed by atoms with Gasteiger partial charge in [0.25, 0.3) is 0 Å². The van der Waals surface area contributed by atoms with Gasteiger partial charge in [0.1, 0.15) is 18.0 Å². The van der Waals surface area contributed by atoms with Crippen LogP contribution in [0.4, 0.5) is 4.39 Å². The second kappa shape index (κ2) is 6.57. The van der Waals surface area contributed by atoms with Gasteiger partial charge in [-0.2, -0.15) is 0 Å². The lowest BCUT2D eigenvalue weighted by molar-refractivity contribution is 0.563. The van der Waals surface area contributed by atoms with Crippen molar-refractivity contribution in [3.63, 3.8) is 0 Å². The molecule has 0 saturated carbocycles. The van der Waals surface area contributed by atoms with Crippen molar-refractivity contribution in [2.75, 3.05) is 0 Å². The van der Waals surface area contributed by atoms with Crippen molar-refractivity contribution in [3.8, 4) is 17.1 Å². The largest absolute Gasteiger partial charge is 0.306 e. The molecule has 0 fully saturated rings. The smallest absolute Gasteiger partial charge is 0.157 e. The van der Waals surface area contributed by atoms with E-state index in [1.165, 1.54) is 18.6 Å². The van der Waals surface area contributed by atoms with Crippen LogP contribution in [-0.2, 0) is 16.8 Å². The molecule has 3 rings (SSSR count). The highest BCUT2D eigenvalue weighted by atomic mass is 35.5. The fourth-order valence-corrected chi connectivity index (χ4v) is 2.87. The summed E-state index contributed by atoms with van der Waals surface area (Å²) >= 11 is 4.17. The van der Waals surface area contributed by atoms with Crippen LogP contribution in [0.5, 0.6) is 0 Å². The Hall–Kier alpha value is -2.09. The van der Waals surface area contributed by atoms with Gasteiger partial charge in [0.2, 0.25) is 0 Å². The van der Waals surface area contributed by atoms with Crippen molar-refractivity contribution >= 4 is 22.7 Å². The van der Waals surface area contributed by atoms with Gasteiger partial charge in [0.05, 0.1) is 11.4 Å². The molecule has 1 unspecified atom stereocenters. The molecule has 0 radical (unpaired) electrons. The molecular formula is C15H11ClFN3O2S. The Kier molecular flexibility index (Phi) is 4.51. The average Bonchev–Trinajstić information content (AvgIpc) is 2.90. The van der Waals surface area contributed by atoms with E-state index in [0.717, 1.165) is 0 Å². The minimum atomic E-state index is -1.93. The van der Waals surface area contributed by atoms with Crippen LogP contribution in [0.1, 0.15) is 5.56 Å². The molecule has 23 heavy (non-hydrogen) atoms. The molecule has 1 aromatic carbocycles. The molecule has 0 aliphatic carbocycles. The highest BCUT2D eigenvalue weighted by Crippen LogP contribution is 2.30. The summed E-state index contributed by atoms with van der Waals surface area (Å²) < 4.78 is 35.3. The molecule has 118 valence electrons. The first-order chi connectivity index (χ1) is 11.1. The van der Waals surface area contributed by atoms with Crippen molar-refractivity contribution in [3.05, 3.63) is 65.5 Å². The number of hydrogen-bond donors (Lipinski definition) is 1. The number of benzene rings is 1. The topological polar surface area (TPSA) is 68.0 Å². The molecule has 1 atom stereocenters. The molecule has 2 aromatic heterocycles. The van der Waals surface area contributed by atoms with E-state index in [1.54, 1.807) is 34.9 Å². The van der Waals surface area contributed by atoms with E-state index < -0.39 is 16.9 Å². The SMILES string of the molecule is O=S(O)Cc1ccc(-n2cnc(Cl)c2-c2ccccc2F)nc1. The number of hydrogen-bond acceptors (Lipinski definition) is 3. The Morgan fingerprint density at radius 3 is 2.65 bits per heavy atom. The molecule has 0 amide bonds. The zero-order valence-corrected chi connectivity index (χ0v) is 13.3. The molecule has 0 bridgehead atoms. The first-order valence-corrected chi connectivity index (χ1v) is 8.22. The summed E-state index contributed by atoms with van der Waals surface area (Å²) in [6, 6.07) is 9.59. The maximum absolute atomic E-state index is 14.1. The number of rotatable bonds is 4. The monoisotopic (exact) mass is 351 g/mol. The van der Waals surface area contributed by atoms with Gasteiger partial charge in [-0.3, -0.25) is 4.57 Å². The Balaban J connectivity index is 2.05. The van der Waals surface area contributed by atoms with Crippen molar-refractivity contribution in [1.82, 2.24) is 14.5 Å². The number of imidazole rings is 1. The van der Waals surface area contributed by atoms with Crippen molar-refractivity contribution in [1.29, 1.82) is 0 Å². The summed E-state index contributed by atoms with van der Waals surface area (Å²) in [5, 5.41) is 0.164. The molecule has 0 spiro atoms. The van der Waals surface area contributed by atoms with Gasteiger partial charge < -0.3 is 4.55 Å². The Morgan fingerprint density at radius 1 is 1.22 bits per heavy atom. The van der Waals surface area contributed by atoms with Crippen LogP contribution < -0.4 is 0 Å². The predicted octanol–water partition coefficient (Wildman–Crippen LogP) is 3.45. The van der Waals surface area contributed by atoms with Crippen LogP contribution in [0.3, 0.4) is 0 Å². The standard InChI is InChI=1S/C15H11ClFN3O2S/c16-15-14(11-3-1-2-4-12(11)17)20(9-19-15)13-6-5-10(7-18-13)8-23(21)22/h1-7,9H,8H2,(H,21,22). The molecule has 0 aliphatic heterocycles. The van der Waals surface area contributed by atoms with Gasteiger partial charge >= 0.3 is 0 Å². The minimum Gasteiger partial charge on any atom is -0.306 e. The van der Waals surface area contributed by atoms with Crippen LogP contribution in [0.2, 0.25) is 5.15 Å². The van der Waals surface area contributed by atoms with E-state index in [9.17, 15) is 8.60 Å². The van der Waals surface area contributed by atoms with Crippen LogP contribution in [0, 0.1) is 5.82 Å². The number of nitrogens with zero attached hydrogens (tertiary/aromatic N) is 3. The van der Waals surface area contributed by atoms with E-state index in [2.05, 4.69) is 9.97 Å². The van der Waals surface area contributed by atoms with Crippen LogP contribution >= 0.6 is 11.6 Å². The zero-order valence-electron chi connectivity index (χ0n) is 11.7. The maximum atomic E-state index is 14.1. The van der Waals surface area contributed by atoms with Gasteiger partial charge in [-0.15, -0.1) is 0 Å². The maximum Gasteiger partial charge on any atom is 0.157 e. The van der Waals surface area contributed by atoms with Crippen molar-refractivity contribution < 1.29 is 13.2 Å². The highest BCUT2D eigenvalue weighted by Gasteiger charge is 2.16. The lowest BCUT2D eigenvalue weighted by Gasteiger charge is -2.09. The molecule has 3 aromatic rings. The minimum absolute atomic E-state index is 0.00185. The summed E-state index contributed by atoms with van der Waals surface area (Å²) in [7, 11) is 0. The third kappa shape index (κ3) is 3.31. The summed E-state index contributed by atoms with van der Waals surface area (Å²) in [6.45, 7) is 0. The van der Waals surface area contributed by atoms with Crippen LogP contribution in [-0.4, -0.2) is 23.3 Å². The summed E-state index contributed by atoms with van der Waals surface area (Å²) in [6.07, 6.45) is 2.94. The first kappa shape index (κ1) is 15.8. The highest BCUT2D eigenvalue weighted by molar-refractivity contribution is 7.78. The lowest BCUT2D eigenvalue weighted by Crippen LogP contribution is -2.01. The quantitative estimate of drug-likeness (QED) is 0.731. The lowest BCUT2D eigenvalue weighted by atomic mass is 10.1. The fourth-order valence-electron chi connectivity index (χ4n) is 2.18. The van der Waals surface area contributed by atoms with Gasteiger partial charge in [0.15, 0.2) is 16.2 Å². The molecule has 2 heterocycles. The molecule has 5 nitrogen and oxygen atoms in total. The van der Waals surface area contributed by atoms with Crippen molar-refractivity contribution in [2.24, 2.45) is 0 Å². The molecule has 8 heteroatoms. The number of pyridine rings is 1. The number of aromatic nitrogens is 3. The average molecular weight is 352 g/mol. The van der Waals surface area contributed by atoms with Gasteiger partial charge in [-0.1, -0.05) is 29.8 Å². The third-order valence-corrected chi connectivity index (χ3v) is 4.05. The first-order valence-electron chi connectivity index (χ1n) is 6.57. The van der Waals surface area contributed by atoms with Crippen LogP contribution in [0.15, 0.2) is 48.9 Å². The second-order valence-electron chi connectivity index (χ2n) is 4.72. The summed E-state index contributed by atoms with van der Waals surface area (Å²) in [5.74, 6) is 0.0663. The second-order valence-corrected chi connectivity index (χ2v) is 6.01. The van der Waals surface area contributed by atoms with Crippen LogP contribution in [0.25, 0.3) is 17.1 Å². The van der Waals surface area contributed by atoms with E-state index in [-0.39, 0.29) is 10.9 Å². The molecular weight excluding hydrogens is 341 g/mol. The summed E-state index contributed by atoms with van der Waals surface area (Å²) in [5.41, 5.74) is 1.33. The number of halogens is 2. The molecule has 0 aliphatic rings. The Labute approximate surface area is 139 Å². The van der Waals surface area contributed by atoms with E-state index >= 15 is 0 Å². The Morgan fingerprint density at radius 2 is 2.00 bits per heavy atom. The van der Waals surface area contributed by atoms with Gasteiger partial charge in [-0.05, 0) is 23.8 Å². The molecule has 1 N–H and O–H groups in total. The van der Waals surface area contributed by atoms with E-state index in [0.29, 0.717) is 22.6 Å². The molecule has 0 saturated heterocycles. The Bertz CT molecular complexity index is 867. The fraction of sp³-hybridized carbons (Fsp3) is 0.0667. The van der Waals surface area contributed by atoms with Gasteiger partial charge in [0, 0.05) is 11.8 Å². The third-order valence-electron chi connectivity index (χ3n) is 3.20. The zero-order chi connectivity index (χ0) is 16.4. The van der Waals surface area contributed by atoms with E-state index in [4.69, 9.17) is 16.2 Å². The van der Waals surface area contributed by atoms with Crippen molar-refractivity contribution in [2.45, 2.75) is 5.75 Å². The summed E-state index contributed by atoms with van der Waals surface area (Å²) in [4.78, 5) is 8.24. The normalized spacial score (nSPS) is 12.3. The predicted molar refractivity (Wildman–Crippen MR) is 86.2 cm³/mol. The van der Waals surface area contributed by atoms with Gasteiger partial charge in [-0.25, -0.2) is 18.6 Å². The van der Waals surface area contributed by atoms with E-state index in [1.807, 2.05) is 0 Å².